The first-order chi connectivity index (χ1) is 12.6. The molecule has 6 heteroatoms. The fourth-order valence-corrected chi connectivity index (χ4v) is 3.22. The summed E-state index contributed by atoms with van der Waals surface area (Å²) in [7, 11) is 0. The largest absolute Gasteiger partial charge is 0.318 e. The van der Waals surface area contributed by atoms with Crippen LogP contribution in [-0.2, 0) is 9.59 Å². The average Bonchev–Trinajstić information content (AvgIpc) is 2.66. The summed E-state index contributed by atoms with van der Waals surface area (Å²) in [6, 6.07) is 23.7. The van der Waals surface area contributed by atoms with Crippen LogP contribution in [0, 0.1) is 0 Å². The highest BCUT2D eigenvalue weighted by atomic mass is 35.5. The van der Waals surface area contributed by atoms with Crippen LogP contribution in [0.5, 0.6) is 0 Å². The third kappa shape index (κ3) is 4.88. The van der Waals surface area contributed by atoms with E-state index in [2.05, 4.69) is 10.6 Å². The Balaban J connectivity index is 1.69. The molecule has 0 aromatic heterocycles. The zero-order valence-electron chi connectivity index (χ0n) is 13.6. The van der Waals surface area contributed by atoms with E-state index in [1.165, 1.54) is 11.8 Å². The molecule has 3 aromatic rings. The highest BCUT2D eigenvalue weighted by Gasteiger charge is 2.16. The molecule has 0 heterocycles. The lowest BCUT2D eigenvalue weighted by Gasteiger charge is -2.11. The first-order valence-electron chi connectivity index (χ1n) is 7.81. The SMILES string of the molecule is O=C(Nc1ccc(Cl)cc1)C(=O)Nc1ccccc1Sc1ccccc1. The molecule has 26 heavy (non-hydrogen) atoms. The van der Waals surface area contributed by atoms with Gasteiger partial charge in [-0.1, -0.05) is 53.7 Å². The molecule has 3 aromatic carbocycles. The summed E-state index contributed by atoms with van der Waals surface area (Å²) >= 11 is 7.32. The smallest absolute Gasteiger partial charge is 0.314 e. The number of hydrogen-bond acceptors (Lipinski definition) is 3. The summed E-state index contributed by atoms with van der Waals surface area (Å²) in [6.07, 6.45) is 0. The van der Waals surface area contributed by atoms with Gasteiger partial charge in [-0.15, -0.1) is 0 Å². The van der Waals surface area contributed by atoms with Gasteiger partial charge in [0.1, 0.15) is 0 Å². The van der Waals surface area contributed by atoms with E-state index < -0.39 is 11.8 Å². The Morgan fingerprint density at radius 2 is 1.35 bits per heavy atom. The molecule has 130 valence electrons. The van der Waals surface area contributed by atoms with Crippen molar-refractivity contribution in [1.29, 1.82) is 0 Å². The van der Waals surface area contributed by atoms with Crippen molar-refractivity contribution < 1.29 is 9.59 Å². The molecule has 0 unspecified atom stereocenters. The molecule has 0 bridgehead atoms. The Labute approximate surface area is 160 Å². The quantitative estimate of drug-likeness (QED) is 0.619. The Morgan fingerprint density at radius 3 is 2.08 bits per heavy atom. The van der Waals surface area contributed by atoms with Gasteiger partial charge in [-0.25, -0.2) is 0 Å². The molecular formula is C20H15ClN2O2S. The Kier molecular flexibility index (Phi) is 5.94. The number of para-hydroxylation sites is 1. The number of carbonyl (C=O) groups is 2. The minimum atomic E-state index is -0.744. The van der Waals surface area contributed by atoms with Crippen LogP contribution in [0.3, 0.4) is 0 Å². The molecule has 0 atom stereocenters. The van der Waals surface area contributed by atoms with E-state index in [9.17, 15) is 9.59 Å². The Bertz CT molecular complexity index is 915. The topological polar surface area (TPSA) is 58.2 Å². The number of hydrogen-bond donors (Lipinski definition) is 2. The lowest BCUT2D eigenvalue weighted by Crippen LogP contribution is -2.29. The van der Waals surface area contributed by atoms with Crippen molar-refractivity contribution in [2.75, 3.05) is 10.6 Å². The zero-order valence-corrected chi connectivity index (χ0v) is 15.2. The fraction of sp³-hybridized carbons (Fsp3) is 0. The standard InChI is InChI=1S/C20H15ClN2O2S/c21-14-10-12-15(13-11-14)22-19(24)20(25)23-17-8-4-5-9-18(17)26-16-6-2-1-3-7-16/h1-13H,(H,22,24)(H,23,25). The molecule has 0 saturated heterocycles. The predicted molar refractivity (Wildman–Crippen MR) is 106 cm³/mol. The lowest BCUT2D eigenvalue weighted by molar-refractivity contribution is -0.133. The van der Waals surface area contributed by atoms with Gasteiger partial charge < -0.3 is 10.6 Å². The molecule has 3 rings (SSSR count). The van der Waals surface area contributed by atoms with Crippen molar-refractivity contribution in [2.24, 2.45) is 0 Å². The van der Waals surface area contributed by atoms with Gasteiger partial charge >= 0.3 is 11.8 Å². The summed E-state index contributed by atoms with van der Waals surface area (Å²) in [5.74, 6) is -1.48. The van der Waals surface area contributed by atoms with Crippen LogP contribution < -0.4 is 10.6 Å². The molecule has 0 radical (unpaired) electrons. The Hall–Kier alpha value is -2.76. The minimum Gasteiger partial charge on any atom is -0.318 e. The third-order valence-corrected chi connectivity index (χ3v) is 4.75. The summed E-state index contributed by atoms with van der Waals surface area (Å²) < 4.78 is 0. The van der Waals surface area contributed by atoms with Crippen LogP contribution >= 0.6 is 23.4 Å². The predicted octanol–water partition coefficient (Wildman–Crippen LogP) is 5.07. The number of anilines is 2. The second kappa shape index (κ2) is 8.56. The summed E-state index contributed by atoms with van der Waals surface area (Å²) in [4.78, 5) is 26.2. The van der Waals surface area contributed by atoms with Gasteiger partial charge in [0.2, 0.25) is 0 Å². The third-order valence-electron chi connectivity index (χ3n) is 3.41. The van der Waals surface area contributed by atoms with Crippen LogP contribution in [0.1, 0.15) is 0 Å². The Morgan fingerprint density at radius 1 is 0.731 bits per heavy atom. The van der Waals surface area contributed by atoms with Crippen LogP contribution in [-0.4, -0.2) is 11.8 Å². The van der Waals surface area contributed by atoms with E-state index >= 15 is 0 Å². The molecule has 2 amide bonds. The number of rotatable bonds is 4. The van der Waals surface area contributed by atoms with Gasteiger partial charge in [-0.05, 0) is 48.5 Å². The second-order valence-corrected chi connectivity index (χ2v) is 6.88. The summed E-state index contributed by atoms with van der Waals surface area (Å²) in [5.41, 5.74) is 1.08. The highest BCUT2D eigenvalue weighted by Crippen LogP contribution is 2.33. The molecule has 0 saturated carbocycles. The van der Waals surface area contributed by atoms with E-state index in [-0.39, 0.29) is 0 Å². The van der Waals surface area contributed by atoms with E-state index in [1.807, 2.05) is 48.5 Å². The number of benzene rings is 3. The molecule has 2 N–H and O–H groups in total. The van der Waals surface area contributed by atoms with Gasteiger partial charge in [0.15, 0.2) is 0 Å². The van der Waals surface area contributed by atoms with Gasteiger partial charge in [0.25, 0.3) is 0 Å². The van der Waals surface area contributed by atoms with Crippen LogP contribution in [0.15, 0.2) is 88.7 Å². The van der Waals surface area contributed by atoms with E-state index in [4.69, 9.17) is 11.6 Å². The van der Waals surface area contributed by atoms with Gasteiger partial charge in [-0.3, -0.25) is 9.59 Å². The maximum atomic E-state index is 12.2. The van der Waals surface area contributed by atoms with Gasteiger partial charge in [0.05, 0.1) is 5.69 Å². The first-order valence-corrected chi connectivity index (χ1v) is 9.01. The molecular weight excluding hydrogens is 368 g/mol. The molecule has 0 fully saturated rings. The van der Waals surface area contributed by atoms with Crippen molar-refractivity contribution in [3.63, 3.8) is 0 Å². The second-order valence-electron chi connectivity index (χ2n) is 5.33. The van der Waals surface area contributed by atoms with Crippen molar-refractivity contribution in [3.8, 4) is 0 Å². The average molecular weight is 383 g/mol. The van der Waals surface area contributed by atoms with E-state index in [0.29, 0.717) is 16.4 Å². The lowest BCUT2D eigenvalue weighted by atomic mass is 10.3. The number of amides is 2. The molecule has 4 nitrogen and oxygen atoms in total. The van der Waals surface area contributed by atoms with E-state index in [1.54, 1.807) is 30.3 Å². The van der Waals surface area contributed by atoms with Crippen molar-refractivity contribution in [1.82, 2.24) is 0 Å². The normalized spacial score (nSPS) is 10.2. The molecule has 0 aliphatic rings. The monoisotopic (exact) mass is 382 g/mol. The minimum absolute atomic E-state index is 0.501. The molecule has 0 aliphatic carbocycles. The number of nitrogens with one attached hydrogen (secondary N) is 2. The summed E-state index contributed by atoms with van der Waals surface area (Å²) in [6.45, 7) is 0. The van der Waals surface area contributed by atoms with Crippen molar-refractivity contribution in [2.45, 2.75) is 9.79 Å². The maximum absolute atomic E-state index is 12.2. The van der Waals surface area contributed by atoms with Gasteiger partial charge in [-0.2, -0.15) is 0 Å². The zero-order chi connectivity index (χ0) is 18.4. The highest BCUT2D eigenvalue weighted by molar-refractivity contribution is 7.99. The number of halogens is 1. The summed E-state index contributed by atoms with van der Waals surface area (Å²) in [5, 5.41) is 5.76. The molecule has 0 aliphatic heterocycles. The van der Waals surface area contributed by atoms with Crippen LogP contribution in [0.4, 0.5) is 11.4 Å². The number of carbonyl (C=O) groups excluding carboxylic acids is 2. The molecule has 0 spiro atoms. The van der Waals surface area contributed by atoms with Crippen molar-refractivity contribution >= 4 is 46.6 Å². The van der Waals surface area contributed by atoms with Gasteiger partial charge in [0, 0.05) is 20.5 Å². The first kappa shape index (κ1) is 18.0. The van der Waals surface area contributed by atoms with Crippen molar-refractivity contribution in [3.05, 3.63) is 83.9 Å². The fourth-order valence-electron chi connectivity index (χ4n) is 2.17. The van der Waals surface area contributed by atoms with Crippen LogP contribution in [0.2, 0.25) is 5.02 Å². The maximum Gasteiger partial charge on any atom is 0.314 e. The van der Waals surface area contributed by atoms with E-state index in [0.717, 1.165) is 9.79 Å². The van der Waals surface area contributed by atoms with Crippen LogP contribution in [0.25, 0.3) is 0 Å².